The Bertz CT molecular complexity index is 689. The quantitative estimate of drug-likeness (QED) is 0.580. The molecule has 3 heterocycles. The van der Waals surface area contributed by atoms with Crippen LogP contribution in [0.2, 0.25) is 0 Å². The first kappa shape index (κ1) is 16.2. The van der Waals surface area contributed by atoms with Crippen LogP contribution in [-0.4, -0.2) is 56.6 Å². The van der Waals surface area contributed by atoms with Crippen LogP contribution in [0.25, 0.3) is 0 Å². The third-order valence-electron chi connectivity index (χ3n) is 4.07. The largest absolute Gasteiger partial charge is 0.468 e. The van der Waals surface area contributed by atoms with E-state index < -0.39 is 4.92 Å². The lowest BCUT2D eigenvalue weighted by atomic mass is 10.2. The minimum absolute atomic E-state index is 0.0470. The average molecular weight is 333 g/mol. The fourth-order valence-corrected chi connectivity index (χ4v) is 2.72. The number of hydrogen-bond donors (Lipinski definition) is 0. The van der Waals surface area contributed by atoms with Crippen LogP contribution < -0.4 is 0 Å². The van der Waals surface area contributed by atoms with Crippen molar-refractivity contribution in [1.29, 1.82) is 0 Å². The van der Waals surface area contributed by atoms with Gasteiger partial charge in [-0.1, -0.05) is 0 Å². The maximum absolute atomic E-state index is 12.2. The molecule has 2 aromatic rings. The van der Waals surface area contributed by atoms with Crippen molar-refractivity contribution in [2.24, 2.45) is 0 Å². The maximum Gasteiger partial charge on any atom is 0.306 e. The van der Waals surface area contributed by atoms with Gasteiger partial charge in [0.25, 0.3) is 0 Å². The van der Waals surface area contributed by atoms with Gasteiger partial charge in [0.05, 0.1) is 17.7 Å². The molecular formula is C15H19N5O4. The van der Waals surface area contributed by atoms with Gasteiger partial charge in [0.2, 0.25) is 5.91 Å². The van der Waals surface area contributed by atoms with Crippen molar-refractivity contribution in [3.63, 3.8) is 0 Å². The Labute approximate surface area is 138 Å². The molecule has 0 radical (unpaired) electrons. The first-order valence-corrected chi connectivity index (χ1v) is 7.81. The van der Waals surface area contributed by atoms with Gasteiger partial charge in [0.1, 0.15) is 18.2 Å². The lowest BCUT2D eigenvalue weighted by molar-refractivity contribution is -0.385. The van der Waals surface area contributed by atoms with Gasteiger partial charge in [-0.3, -0.25) is 24.5 Å². The van der Waals surface area contributed by atoms with Crippen LogP contribution in [0, 0.1) is 10.1 Å². The van der Waals surface area contributed by atoms with Gasteiger partial charge in [-0.15, -0.1) is 0 Å². The summed E-state index contributed by atoms with van der Waals surface area (Å²) < 4.78 is 6.77. The standard InChI is InChI=1S/C15H19N5O4/c21-15(3-4-19-11-13(10-16-19)20(22)23)18-7-5-17(6-8-18)12-14-2-1-9-24-14/h1-2,9-11H,3-8,12H2. The van der Waals surface area contributed by atoms with Crippen molar-refractivity contribution in [2.45, 2.75) is 19.5 Å². The van der Waals surface area contributed by atoms with Crippen molar-refractivity contribution in [3.8, 4) is 0 Å². The second-order valence-corrected chi connectivity index (χ2v) is 5.71. The summed E-state index contributed by atoms with van der Waals surface area (Å²) in [6, 6.07) is 3.82. The van der Waals surface area contributed by atoms with E-state index in [1.807, 2.05) is 17.0 Å². The number of rotatable bonds is 6. The highest BCUT2D eigenvalue weighted by atomic mass is 16.6. The molecule has 1 aliphatic rings. The van der Waals surface area contributed by atoms with Gasteiger partial charge in [-0.25, -0.2) is 0 Å². The highest BCUT2D eigenvalue weighted by molar-refractivity contribution is 5.76. The van der Waals surface area contributed by atoms with Gasteiger partial charge in [0.15, 0.2) is 0 Å². The summed E-state index contributed by atoms with van der Waals surface area (Å²) in [6.45, 7) is 4.07. The molecular weight excluding hydrogens is 314 g/mol. The van der Waals surface area contributed by atoms with Gasteiger partial charge in [-0.2, -0.15) is 5.10 Å². The topological polar surface area (TPSA) is 97.6 Å². The Morgan fingerprint density at radius 3 is 2.75 bits per heavy atom. The van der Waals surface area contributed by atoms with Crippen molar-refractivity contribution in [2.75, 3.05) is 26.2 Å². The monoisotopic (exact) mass is 333 g/mol. The molecule has 0 bridgehead atoms. The molecule has 1 amide bonds. The number of furan rings is 1. The molecule has 0 unspecified atom stereocenters. The highest BCUT2D eigenvalue weighted by Gasteiger charge is 2.21. The molecule has 0 saturated carbocycles. The Morgan fingerprint density at radius 1 is 1.33 bits per heavy atom. The van der Waals surface area contributed by atoms with Crippen LogP contribution in [0.4, 0.5) is 5.69 Å². The molecule has 1 saturated heterocycles. The first-order valence-electron chi connectivity index (χ1n) is 7.81. The van der Waals surface area contributed by atoms with Gasteiger partial charge >= 0.3 is 5.69 Å². The Balaban J connectivity index is 1.42. The molecule has 2 aromatic heterocycles. The number of carbonyl (C=O) groups excluding carboxylic acids is 1. The molecule has 0 aliphatic carbocycles. The van der Waals surface area contributed by atoms with Crippen LogP contribution >= 0.6 is 0 Å². The number of amides is 1. The Hall–Kier alpha value is -2.68. The zero-order chi connectivity index (χ0) is 16.9. The predicted octanol–water partition coefficient (Wildman–Crippen LogP) is 1.12. The van der Waals surface area contributed by atoms with E-state index >= 15 is 0 Å². The lowest BCUT2D eigenvalue weighted by Crippen LogP contribution is -2.48. The van der Waals surface area contributed by atoms with Gasteiger partial charge in [-0.05, 0) is 12.1 Å². The summed E-state index contributed by atoms with van der Waals surface area (Å²) in [5.74, 6) is 0.973. The molecule has 3 rings (SSSR count). The number of nitro groups is 1. The summed E-state index contributed by atoms with van der Waals surface area (Å²) in [5.41, 5.74) is -0.0611. The van der Waals surface area contributed by atoms with E-state index in [9.17, 15) is 14.9 Å². The predicted molar refractivity (Wildman–Crippen MR) is 84.1 cm³/mol. The second-order valence-electron chi connectivity index (χ2n) is 5.71. The molecule has 9 nitrogen and oxygen atoms in total. The third-order valence-corrected chi connectivity index (χ3v) is 4.07. The van der Waals surface area contributed by atoms with Gasteiger partial charge < -0.3 is 9.32 Å². The van der Waals surface area contributed by atoms with E-state index in [1.54, 1.807) is 6.26 Å². The fraction of sp³-hybridized carbons (Fsp3) is 0.467. The van der Waals surface area contributed by atoms with Crippen molar-refractivity contribution in [3.05, 3.63) is 46.7 Å². The minimum Gasteiger partial charge on any atom is -0.468 e. The number of hydrogen-bond acceptors (Lipinski definition) is 6. The van der Waals surface area contributed by atoms with Gasteiger partial charge in [0, 0.05) is 39.1 Å². The summed E-state index contributed by atoms with van der Waals surface area (Å²) in [4.78, 5) is 26.4. The SMILES string of the molecule is O=C(CCn1cc([N+](=O)[O-])cn1)N1CCN(Cc2ccco2)CC1. The minimum atomic E-state index is -0.496. The number of aryl methyl sites for hydroxylation is 1. The molecule has 1 aliphatic heterocycles. The van der Waals surface area contributed by atoms with Crippen molar-refractivity contribution >= 4 is 11.6 Å². The van der Waals surface area contributed by atoms with Crippen LogP contribution in [0.1, 0.15) is 12.2 Å². The van der Waals surface area contributed by atoms with E-state index in [0.717, 1.165) is 25.4 Å². The molecule has 128 valence electrons. The normalized spacial score (nSPS) is 15.6. The maximum atomic E-state index is 12.2. The highest BCUT2D eigenvalue weighted by Crippen LogP contribution is 2.11. The summed E-state index contributed by atoms with van der Waals surface area (Å²) in [6.07, 6.45) is 4.48. The third kappa shape index (κ3) is 3.99. The van der Waals surface area contributed by atoms with E-state index in [-0.39, 0.29) is 18.0 Å². The zero-order valence-corrected chi connectivity index (χ0v) is 13.2. The molecule has 0 N–H and O–H groups in total. The average Bonchev–Trinajstić information content (AvgIpc) is 3.25. The second kappa shape index (κ2) is 7.26. The number of carbonyl (C=O) groups is 1. The smallest absolute Gasteiger partial charge is 0.306 e. The molecule has 0 atom stereocenters. The Morgan fingerprint density at radius 2 is 2.12 bits per heavy atom. The molecule has 24 heavy (non-hydrogen) atoms. The van der Waals surface area contributed by atoms with E-state index in [0.29, 0.717) is 19.6 Å². The Kier molecular flexibility index (Phi) is 4.90. The molecule has 9 heteroatoms. The molecule has 0 spiro atoms. The number of aromatic nitrogens is 2. The van der Waals surface area contributed by atoms with Crippen molar-refractivity contribution in [1.82, 2.24) is 19.6 Å². The van der Waals surface area contributed by atoms with E-state index in [1.165, 1.54) is 17.1 Å². The van der Waals surface area contributed by atoms with Crippen LogP contribution in [0.5, 0.6) is 0 Å². The number of nitrogens with zero attached hydrogens (tertiary/aromatic N) is 5. The first-order chi connectivity index (χ1) is 11.6. The van der Waals surface area contributed by atoms with E-state index in [4.69, 9.17) is 4.42 Å². The van der Waals surface area contributed by atoms with Crippen LogP contribution in [-0.2, 0) is 17.9 Å². The summed E-state index contributed by atoms with van der Waals surface area (Å²) in [5, 5.41) is 14.5. The fourth-order valence-electron chi connectivity index (χ4n) is 2.72. The van der Waals surface area contributed by atoms with Crippen LogP contribution in [0.15, 0.2) is 35.2 Å². The summed E-state index contributed by atoms with van der Waals surface area (Å²) >= 11 is 0. The van der Waals surface area contributed by atoms with Crippen LogP contribution in [0.3, 0.4) is 0 Å². The molecule has 1 fully saturated rings. The number of piperazine rings is 1. The van der Waals surface area contributed by atoms with E-state index in [2.05, 4.69) is 10.00 Å². The van der Waals surface area contributed by atoms with Crippen molar-refractivity contribution < 1.29 is 14.1 Å². The molecule has 0 aromatic carbocycles. The lowest BCUT2D eigenvalue weighted by Gasteiger charge is -2.34. The zero-order valence-electron chi connectivity index (χ0n) is 13.2. The summed E-state index contributed by atoms with van der Waals surface area (Å²) in [7, 11) is 0.